The van der Waals surface area contributed by atoms with Gasteiger partial charge in [-0.1, -0.05) is 6.42 Å². The highest BCUT2D eigenvalue weighted by atomic mass is 16.5. The Balaban J connectivity index is 2.30. The number of hydrogen-bond donors (Lipinski definition) is 3. The van der Waals surface area contributed by atoms with Crippen LogP contribution in [0.25, 0.3) is 0 Å². The smallest absolute Gasteiger partial charge is 0.315 e. The lowest BCUT2D eigenvalue weighted by atomic mass is 9.85. The quantitative estimate of drug-likeness (QED) is 0.611. The number of carbonyl (C=O) groups excluding carboxylic acids is 1. The molecule has 0 aromatic carbocycles. The van der Waals surface area contributed by atoms with Crippen LogP contribution in [0.5, 0.6) is 0 Å². The largest absolute Gasteiger partial charge is 0.481 e. The lowest BCUT2D eigenvalue weighted by Gasteiger charge is -2.27. The molecule has 110 valence electrons. The molecule has 1 aliphatic rings. The first-order chi connectivity index (χ1) is 9.00. The van der Waals surface area contributed by atoms with Crippen molar-refractivity contribution >= 4 is 12.0 Å². The molecule has 0 saturated heterocycles. The molecule has 0 aliphatic heterocycles. The molecular formula is C13H24N2O4. The molecule has 0 aromatic heterocycles. The monoisotopic (exact) mass is 272 g/mol. The summed E-state index contributed by atoms with van der Waals surface area (Å²) in [6.45, 7) is 5.44. The van der Waals surface area contributed by atoms with Crippen molar-refractivity contribution in [3.8, 4) is 0 Å². The maximum Gasteiger partial charge on any atom is 0.315 e. The zero-order valence-corrected chi connectivity index (χ0v) is 11.7. The fourth-order valence-electron chi connectivity index (χ4n) is 2.38. The summed E-state index contributed by atoms with van der Waals surface area (Å²) in [6.07, 6.45) is 2.91. The maximum atomic E-state index is 11.7. The molecule has 3 N–H and O–H groups in total. The molecule has 2 amide bonds. The summed E-state index contributed by atoms with van der Waals surface area (Å²) < 4.78 is 5.16. The first-order valence-electron chi connectivity index (χ1n) is 6.86. The van der Waals surface area contributed by atoms with Crippen LogP contribution in [-0.4, -0.2) is 42.9 Å². The van der Waals surface area contributed by atoms with Crippen LogP contribution in [0, 0.1) is 5.41 Å². The van der Waals surface area contributed by atoms with Crippen LogP contribution in [-0.2, 0) is 9.53 Å². The molecule has 0 heterocycles. The third kappa shape index (κ3) is 4.38. The molecule has 2 atom stereocenters. The second-order valence-corrected chi connectivity index (χ2v) is 5.12. The van der Waals surface area contributed by atoms with Crippen molar-refractivity contribution in [2.45, 2.75) is 45.6 Å². The minimum atomic E-state index is -0.845. The van der Waals surface area contributed by atoms with Gasteiger partial charge in [0.1, 0.15) is 0 Å². The minimum absolute atomic E-state index is 0.295. The SMILES string of the molecule is CCOCCCNC(=O)NC1CCCC1(C)C(=O)O. The van der Waals surface area contributed by atoms with Gasteiger partial charge < -0.3 is 20.5 Å². The van der Waals surface area contributed by atoms with Gasteiger partial charge in [-0.25, -0.2) is 4.79 Å². The molecular weight excluding hydrogens is 248 g/mol. The van der Waals surface area contributed by atoms with Gasteiger partial charge in [-0.3, -0.25) is 4.79 Å². The Bertz CT molecular complexity index is 322. The van der Waals surface area contributed by atoms with Gasteiger partial charge in [-0.05, 0) is 33.1 Å². The van der Waals surface area contributed by atoms with Gasteiger partial charge in [0.25, 0.3) is 0 Å². The highest BCUT2D eigenvalue weighted by Crippen LogP contribution is 2.38. The van der Waals surface area contributed by atoms with E-state index < -0.39 is 11.4 Å². The van der Waals surface area contributed by atoms with E-state index in [9.17, 15) is 14.7 Å². The van der Waals surface area contributed by atoms with Crippen LogP contribution >= 0.6 is 0 Å². The van der Waals surface area contributed by atoms with Gasteiger partial charge in [0.15, 0.2) is 0 Å². The Kier molecular flexibility index (Phi) is 6.08. The fraction of sp³-hybridized carbons (Fsp3) is 0.846. The molecule has 6 nitrogen and oxygen atoms in total. The molecule has 0 radical (unpaired) electrons. The Labute approximate surface area is 113 Å². The van der Waals surface area contributed by atoms with Gasteiger partial charge in [0, 0.05) is 25.8 Å². The van der Waals surface area contributed by atoms with E-state index in [0.717, 1.165) is 19.3 Å². The number of amides is 2. The number of carbonyl (C=O) groups is 2. The predicted octanol–water partition coefficient (Wildman–Crippen LogP) is 1.36. The highest BCUT2D eigenvalue weighted by Gasteiger charge is 2.45. The lowest BCUT2D eigenvalue weighted by molar-refractivity contribution is -0.148. The van der Waals surface area contributed by atoms with Crippen LogP contribution in [0.2, 0.25) is 0 Å². The molecule has 1 fully saturated rings. The van der Waals surface area contributed by atoms with Crippen molar-refractivity contribution < 1.29 is 19.4 Å². The Morgan fingerprint density at radius 2 is 2.21 bits per heavy atom. The van der Waals surface area contributed by atoms with E-state index in [-0.39, 0.29) is 12.1 Å². The van der Waals surface area contributed by atoms with Crippen molar-refractivity contribution in [1.29, 1.82) is 0 Å². The average molecular weight is 272 g/mol. The summed E-state index contributed by atoms with van der Waals surface area (Å²) in [5.74, 6) is -0.841. The van der Waals surface area contributed by atoms with E-state index >= 15 is 0 Å². The van der Waals surface area contributed by atoms with E-state index in [1.54, 1.807) is 6.92 Å². The van der Waals surface area contributed by atoms with Gasteiger partial charge in [0.2, 0.25) is 0 Å². The van der Waals surface area contributed by atoms with E-state index in [1.165, 1.54) is 0 Å². The number of carboxylic acid groups (broad SMARTS) is 1. The lowest BCUT2D eigenvalue weighted by Crippen LogP contribution is -2.50. The zero-order valence-electron chi connectivity index (χ0n) is 11.7. The Morgan fingerprint density at radius 1 is 1.47 bits per heavy atom. The van der Waals surface area contributed by atoms with Gasteiger partial charge in [0.05, 0.1) is 5.41 Å². The highest BCUT2D eigenvalue weighted by molar-refractivity contribution is 5.79. The van der Waals surface area contributed by atoms with E-state index in [2.05, 4.69) is 10.6 Å². The normalized spacial score (nSPS) is 26.1. The van der Waals surface area contributed by atoms with Gasteiger partial charge in [-0.2, -0.15) is 0 Å². The second kappa shape index (κ2) is 7.33. The number of ether oxygens (including phenoxy) is 1. The maximum absolute atomic E-state index is 11.7. The summed E-state index contributed by atoms with van der Waals surface area (Å²) in [6, 6.07) is -0.590. The topological polar surface area (TPSA) is 87.7 Å². The summed E-state index contributed by atoms with van der Waals surface area (Å²) in [5, 5.41) is 14.7. The van der Waals surface area contributed by atoms with Crippen LogP contribution in [0.4, 0.5) is 4.79 Å². The standard InChI is InChI=1S/C13H24N2O4/c1-3-19-9-5-8-14-12(18)15-10-6-4-7-13(10,2)11(16)17/h10H,3-9H2,1-2H3,(H,16,17)(H2,14,15,18). The zero-order chi connectivity index (χ0) is 14.3. The average Bonchev–Trinajstić information content (AvgIpc) is 2.72. The molecule has 1 aliphatic carbocycles. The third-order valence-corrected chi connectivity index (χ3v) is 3.71. The number of urea groups is 1. The number of rotatable bonds is 7. The summed E-state index contributed by atoms with van der Waals surface area (Å²) >= 11 is 0. The van der Waals surface area contributed by atoms with E-state index in [0.29, 0.717) is 26.2 Å². The molecule has 2 unspecified atom stereocenters. The van der Waals surface area contributed by atoms with E-state index in [1.807, 2.05) is 6.92 Å². The first-order valence-corrected chi connectivity index (χ1v) is 6.86. The van der Waals surface area contributed by atoms with Gasteiger partial charge in [-0.15, -0.1) is 0 Å². The fourth-order valence-corrected chi connectivity index (χ4v) is 2.38. The molecule has 1 rings (SSSR count). The third-order valence-electron chi connectivity index (χ3n) is 3.71. The van der Waals surface area contributed by atoms with Crippen molar-refractivity contribution in [2.24, 2.45) is 5.41 Å². The second-order valence-electron chi connectivity index (χ2n) is 5.12. The van der Waals surface area contributed by atoms with Crippen molar-refractivity contribution in [1.82, 2.24) is 10.6 Å². The molecule has 19 heavy (non-hydrogen) atoms. The number of nitrogens with one attached hydrogen (secondary N) is 2. The van der Waals surface area contributed by atoms with Crippen molar-refractivity contribution in [3.05, 3.63) is 0 Å². The number of hydrogen-bond acceptors (Lipinski definition) is 3. The van der Waals surface area contributed by atoms with Crippen LogP contribution < -0.4 is 10.6 Å². The molecule has 6 heteroatoms. The number of aliphatic carboxylic acids is 1. The van der Waals surface area contributed by atoms with Crippen molar-refractivity contribution in [3.63, 3.8) is 0 Å². The van der Waals surface area contributed by atoms with Crippen LogP contribution in [0.1, 0.15) is 39.5 Å². The molecule has 0 spiro atoms. The molecule has 0 bridgehead atoms. The minimum Gasteiger partial charge on any atom is -0.481 e. The Hall–Kier alpha value is -1.30. The summed E-state index contributed by atoms with van der Waals surface area (Å²) in [7, 11) is 0. The van der Waals surface area contributed by atoms with Crippen molar-refractivity contribution in [2.75, 3.05) is 19.8 Å². The Morgan fingerprint density at radius 3 is 2.84 bits per heavy atom. The summed E-state index contributed by atoms with van der Waals surface area (Å²) in [5.41, 5.74) is -0.845. The molecule has 0 aromatic rings. The molecule has 1 saturated carbocycles. The van der Waals surface area contributed by atoms with Crippen LogP contribution in [0.15, 0.2) is 0 Å². The number of carboxylic acids is 1. The van der Waals surface area contributed by atoms with Crippen LogP contribution in [0.3, 0.4) is 0 Å². The van der Waals surface area contributed by atoms with E-state index in [4.69, 9.17) is 4.74 Å². The summed E-state index contributed by atoms with van der Waals surface area (Å²) in [4.78, 5) is 22.9. The predicted molar refractivity (Wildman–Crippen MR) is 71.0 cm³/mol. The van der Waals surface area contributed by atoms with Gasteiger partial charge >= 0.3 is 12.0 Å². The first kappa shape index (κ1) is 15.8.